The van der Waals surface area contributed by atoms with Crippen molar-refractivity contribution < 1.29 is 9.18 Å². The zero-order chi connectivity index (χ0) is 14.8. The Labute approximate surface area is 127 Å². The molecule has 0 aromatic carbocycles. The molecule has 1 unspecified atom stereocenters. The third-order valence-electron chi connectivity index (χ3n) is 7.82. The minimum Gasteiger partial charge on any atom is -0.296 e. The number of alkyl halides is 1. The highest BCUT2D eigenvalue weighted by Crippen LogP contribution is 2.64. The van der Waals surface area contributed by atoms with Crippen molar-refractivity contribution >= 4 is 5.78 Å². The number of hydrogen-bond donors (Lipinski definition) is 0. The number of rotatable bonds is 0. The molecule has 0 amide bonds. The van der Waals surface area contributed by atoms with E-state index in [9.17, 15) is 9.18 Å². The van der Waals surface area contributed by atoms with Crippen molar-refractivity contribution in [3.05, 3.63) is 12.2 Å². The van der Waals surface area contributed by atoms with Gasteiger partial charge in [0.2, 0.25) is 0 Å². The quantitative estimate of drug-likeness (QED) is 0.590. The van der Waals surface area contributed by atoms with Crippen molar-refractivity contribution in [2.24, 2.45) is 34.5 Å². The Kier molecular flexibility index (Phi) is 2.94. The van der Waals surface area contributed by atoms with Gasteiger partial charge in [0.25, 0.3) is 0 Å². The molecule has 1 nitrogen and oxygen atoms in total. The van der Waals surface area contributed by atoms with Crippen molar-refractivity contribution in [1.82, 2.24) is 0 Å². The summed E-state index contributed by atoms with van der Waals surface area (Å²) in [4.78, 5) is 12.3. The summed E-state index contributed by atoms with van der Waals surface area (Å²) in [5.74, 6) is 2.26. The predicted octanol–water partition coefficient (Wildman–Crippen LogP) is 4.71. The van der Waals surface area contributed by atoms with Crippen molar-refractivity contribution in [1.29, 1.82) is 0 Å². The van der Waals surface area contributed by atoms with Gasteiger partial charge in [-0.2, -0.15) is 0 Å². The van der Waals surface area contributed by atoms with Crippen LogP contribution in [0, 0.1) is 34.5 Å². The summed E-state index contributed by atoms with van der Waals surface area (Å²) >= 11 is 0. The Hall–Kier alpha value is -0.660. The third kappa shape index (κ3) is 1.71. The lowest BCUT2D eigenvalue weighted by atomic mass is 9.46. The summed E-state index contributed by atoms with van der Waals surface area (Å²) in [6, 6.07) is 0. The molecule has 0 spiro atoms. The van der Waals surface area contributed by atoms with Crippen LogP contribution in [0.15, 0.2) is 12.2 Å². The van der Waals surface area contributed by atoms with E-state index in [2.05, 4.69) is 26.0 Å². The van der Waals surface area contributed by atoms with Crippen LogP contribution in [0.3, 0.4) is 0 Å². The molecule has 21 heavy (non-hydrogen) atoms. The number of fused-ring (bicyclic) bond motifs is 5. The summed E-state index contributed by atoms with van der Waals surface area (Å²) in [6.07, 6.45) is 11.2. The van der Waals surface area contributed by atoms with E-state index in [0.29, 0.717) is 29.6 Å². The van der Waals surface area contributed by atoms with Gasteiger partial charge in [0.1, 0.15) is 0 Å². The van der Waals surface area contributed by atoms with Crippen molar-refractivity contribution in [3.8, 4) is 0 Å². The number of carbonyl (C=O) groups is 1. The Morgan fingerprint density at radius 2 is 1.95 bits per heavy atom. The number of Topliss-reactive ketones (excluding diaryl/α,β-unsaturated/α-hetero) is 1. The first-order valence-electron chi connectivity index (χ1n) is 8.83. The van der Waals surface area contributed by atoms with E-state index in [4.69, 9.17) is 0 Å². The molecule has 0 heterocycles. The van der Waals surface area contributed by atoms with Gasteiger partial charge in [0.05, 0.1) is 0 Å². The topological polar surface area (TPSA) is 17.1 Å². The number of halogens is 1. The van der Waals surface area contributed by atoms with E-state index >= 15 is 0 Å². The Bertz CT molecular complexity index is 498. The van der Waals surface area contributed by atoms with Crippen LogP contribution in [-0.4, -0.2) is 12.0 Å². The second kappa shape index (κ2) is 4.43. The first-order valence-corrected chi connectivity index (χ1v) is 8.83. The molecule has 3 fully saturated rings. The lowest BCUT2D eigenvalue weighted by molar-refractivity contribution is -0.136. The summed E-state index contributed by atoms with van der Waals surface area (Å²) in [6.45, 7) is 4.50. The molecule has 0 aromatic heterocycles. The smallest absolute Gasteiger partial charge is 0.173 e. The fourth-order valence-electron chi connectivity index (χ4n) is 6.57. The van der Waals surface area contributed by atoms with Crippen LogP contribution in [0.1, 0.15) is 58.8 Å². The SMILES string of the molecule is C[C@]12C=CCCC1CC[C@@H]1[C@@H]2CC[C@]2(C)C(=O)[C@H](F)C[C@@H]12. The monoisotopic (exact) mass is 290 g/mol. The lowest BCUT2D eigenvalue weighted by Crippen LogP contribution is -2.51. The maximum absolute atomic E-state index is 14.1. The molecule has 0 aliphatic heterocycles. The highest BCUT2D eigenvalue weighted by atomic mass is 19.1. The molecule has 0 bridgehead atoms. The molecule has 3 saturated carbocycles. The lowest BCUT2D eigenvalue weighted by Gasteiger charge is -2.57. The minimum absolute atomic E-state index is 0.0857. The second-order valence-electron chi connectivity index (χ2n) is 8.52. The summed E-state index contributed by atoms with van der Waals surface area (Å²) < 4.78 is 14.1. The van der Waals surface area contributed by atoms with Crippen LogP contribution < -0.4 is 0 Å². The van der Waals surface area contributed by atoms with Gasteiger partial charge in [0.15, 0.2) is 12.0 Å². The van der Waals surface area contributed by atoms with Crippen LogP contribution in [0.4, 0.5) is 4.39 Å². The summed E-state index contributed by atoms with van der Waals surface area (Å²) in [7, 11) is 0. The molecule has 0 radical (unpaired) electrons. The van der Waals surface area contributed by atoms with Gasteiger partial charge in [-0.25, -0.2) is 4.39 Å². The van der Waals surface area contributed by atoms with E-state index < -0.39 is 6.17 Å². The van der Waals surface area contributed by atoms with Gasteiger partial charge >= 0.3 is 0 Å². The largest absolute Gasteiger partial charge is 0.296 e. The van der Waals surface area contributed by atoms with Gasteiger partial charge in [-0.15, -0.1) is 0 Å². The van der Waals surface area contributed by atoms with Crippen molar-refractivity contribution in [2.75, 3.05) is 0 Å². The van der Waals surface area contributed by atoms with Crippen LogP contribution in [0.2, 0.25) is 0 Å². The Morgan fingerprint density at radius 1 is 1.14 bits per heavy atom. The zero-order valence-corrected chi connectivity index (χ0v) is 13.3. The molecular weight excluding hydrogens is 263 g/mol. The molecule has 4 aliphatic rings. The number of ketones is 1. The van der Waals surface area contributed by atoms with Gasteiger partial charge < -0.3 is 0 Å². The summed E-state index contributed by atoms with van der Waals surface area (Å²) in [5.41, 5.74) is -0.0535. The van der Waals surface area contributed by atoms with Gasteiger partial charge in [0, 0.05) is 5.41 Å². The van der Waals surface area contributed by atoms with E-state index in [0.717, 1.165) is 18.8 Å². The fraction of sp³-hybridized carbons (Fsp3) is 0.842. The average Bonchev–Trinajstić information content (AvgIpc) is 2.70. The maximum atomic E-state index is 14.1. The Balaban J connectivity index is 1.70. The van der Waals surface area contributed by atoms with Crippen LogP contribution in [0.5, 0.6) is 0 Å². The van der Waals surface area contributed by atoms with E-state index in [1.807, 2.05) is 0 Å². The molecule has 4 aliphatic carbocycles. The average molecular weight is 290 g/mol. The van der Waals surface area contributed by atoms with Crippen molar-refractivity contribution in [2.45, 2.75) is 65.0 Å². The van der Waals surface area contributed by atoms with Crippen LogP contribution >= 0.6 is 0 Å². The fourth-order valence-corrected chi connectivity index (χ4v) is 6.57. The maximum Gasteiger partial charge on any atom is 0.173 e. The predicted molar refractivity (Wildman–Crippen MR) is 81.5 cm³/mol. The second-order valence-corrected chi connectivity index (χ2v) is 8.52. The number of allylic oxidation sites excluding steroid dienone is 2. The van der Waals surface area contributed by atoms with Crippen molar-refractivity contribution in [3.63, 3.8) is 0 Å². The van der Waals surface area contributed by atoms with E-state index in [-0.39, 0.29) is 11.2 Å². The first kappa shape index (κ1) is 14.0. The van der Waals surface area contributed by atoms with Gasteiger partial charge in [-0.05, 0) is 74.0 Å². The molecule has 116 valence electrons. The molecular formula is C19H27FO. The molecule has 0 N–H and O–H groups in total. The third-order valence-corrected chi connectivity index (χ3v) is 7.82. The van der Waals surface area contributed by atoms with Crippen LogP contribution in [0.25, 0.3) is 0 Å². The first-order chi connectivity index (χ1) is 9.97. The highest BCUT2D eigenvalue weighted by molar-refractivity contribution is 5.91. The Morgan fingerprint density at radius 3 is 2.76 bits per heavy atom. The highest BCUT2D eigenvalue weighted by Gasteiger charge is 2.61. The standard InChI is InChI=1S/C19H27FO/c1-18-9-4-3-5-12(18)6-7-13-14(18)8-10-19(2)15(13)11-16(20)17(19)21/h4,9,12-16H,3,5-8,10-11H2,1-2H3/t12?,13-,14+,15+,16-,18+,19+/m1/s1. The number of carbonyl (C=O) groups excluding carboxylic acids is 1. The zero-order valence-electron chi connectivity index (χ0n) is 13.3. The minimum atomic E-state index is -1.19. The molecule has 4 rings (SSSR count). The molecule has 2 heteroatoms. The van der Waals surface area contributed by atoms with E-state index in [1.54, 1.807) is 0 Å². The summed E-state index contributed by atoms with van der Waals surface area (Å²) in [5, 5.41) is 0. The molecule has 0 aromatic rings. The molecule has 0 saturated heterocycles. The van der Waals surface area contributed by atoms with Gasteiger partial charge in [-0.1, -0.05) is 26.0 Å². The number of hydrogen-bond acceptors (Lipinski definition) is 1. The van der Waals surface area contributed by atoms with Gasteiger partial charge in [-0.3, -0.25) is 4.79 Å². The van der Waals surface area contributed by atoms with E-state index in [1.165, 1.54) is 25.7 Å². The van der Waals surface area contributed by atoms with Crippen LogP contribution in [-0.2, 0) is 4.79 Å². The normalized spacial score (nSPS) is 55.8. The molecule has 7 atom stereocenters.